The molecule has 2 N–H and O–H groups in total. The van der Waals surface area contributed by atoms with Gasteiger partial charge in [0.1, 0.15) is 5.76 Å². The van der Waals surface area contributed by atoms with Crippen LogP contribution in [0.5, 0.6) is 5.75 Å². The summed E-state index contributed by atoms with van der Waals surface area (Å²) in [6.45, 7) is 6.30. The van der Waals surface area contributed by atoms with Crippen LogP contribution >= 0.6 is 23.1 Å². The molecule has 3 aromatic rings. The molecule has 3 aromatic heterocycles. The minimum absolute atomic E-state index is 0.0778. The van der Waals surface area contributed by atoms with Gasteiger partial charge >= 0.3 is 0 Å². The van der Waals surface area contributed by atoms with Gasteiger partial charge in [-0.3, -0.25) is 0 Å². The molecule has 0 radical (unpaired) electrons. The summed E-state index contributed by atoms with van der Waals surface area (Å²) in [7, 11) is 0.784. The molecule has 0 bridgehead atoms. The first-order valence-electron chi connectivity index (χ1n) is 9.71. The Morgan fingerprint density at radius 3 is 2.55 bits per heavy atom. The Hall–Kier alpha value is -2.15. The minimum Gasteiger partial charge on any atom is -0.492 e. The van der Waals surface area contributed by atoms with Gasteiger partial charge in [0.25, 0.3) is 10.0 Å². The van der Waals surface area contributed by atoms with Crippen LogP contribution in [0, 0.1) is 0 Å². The van der Waals surface area contributed by atoms with Crippen molar-refractivity contribution < 1.29 is 17.6 Å². The largest absolute Gasteiger partial charge is 0.492 e. The van der Waals surface area contributed by atoms with Gasteiger partial charge < -0.3 is 19.8 Å². The second kappa shape index (κ2) is 9.55. The van der Waals surface area contributed by atoms with Crippen LogP contribution in [0.15, 0.2) is 26.3 Å². The molecule has 0 unspecified atom stereocenters. The lowest BCUT2D eigenvalue weighted by Crippen LogP contribution is -2.21. The average Bonchev–Trinajstić information content (AvgIpc) is 3.46. The van der Waals surface area contributed by atoms with Crippen molar-refractivity contribution in [2.75, 3.05) is 31.8 Å². The third-order valence-corrected chi connectivity index (χ3v) is 8.56. The molecule has 12 heteroatoms. The Bertz CT molecular complexity index is 1120. The first-order chi connectivity index (χ1) is 14.7. The summed E-state index contributed by atoms with van der Waals surface area (Å²) >= 11 is 2.14. The lowest BCUT2D eigenvalue weighted by Gasteiger charge is -2.15. The highest BCUT2D eigenvalue weighted by atomic mass is 32.2. The molecular formula is C19H27N5O4S3. The van der Waals surface area contributed by atoms with E-state index in [4.69, 9.17) is 9.15 Å². The van der Waals surface area contributed by atoms with Crippen molar-refractivity contribution in [2.24, 2.45) is 0 Å². The molecule has 0 amide bonds. The predicted octanol–water partition coefficient (Wildman–Crippen LogP) is 4.88. The van der Waals surface area contributed by atoms with Crippen LogP contribution < -0.4 is 15.4 Å². The van der Waals surface area contributed by atoms with Crippen molar-refractivity contribution >= 4 is 50.4 Å². The number of nitrogens with one attached hydrogen (secondary N) is 2. The van der Waals surface area contributed by atoms with Gasteiger partial charge in [0, 0.05) is 19.5 Å². The fourth-order valence-electron chi connectivity index (χ4n) is 2.84. The van der Waals surface area contributed by atoms with Gasteiger partial charge in [-0.2, -0.15) is 8.75 Å². The fraction of sp³-hybridized carbons (Fsp3) is 0.474. The van der Waals surface area contributed by atoms with E-state index in [9.17, 15) is 8.42 Å². The minimum atomic E-state index is -3.63. The van der Waals surface area contributed by atoms with Crippen LogP contribution in [0.2, 0.25) is 0 Å². The van der Waals surface area contributed by atoms with Crippen LogP contribution in [0.3, 0.4) is 0 Å². The third-order valence-electron chi connectivity index (χ3n) is 4.74. The van der Waals surface area contributed by atoms with Crippen molar-refractivity contribution in [1.82, 2.24) is 13.1 Å². The van der Waals surface area contributed by atoms with Crippen molar-refractivity contribution in [1.29, 1.82) is 0 Å². The van der Waals surface area contributed by atoms with Crippen LogP contribution in [0.1, 0.15) is 50.5 Å². The number of ether oxygens (including phenoxy) is 1. The molecule has 170 valence electrons. The van der Waals surface area contributed by atoms with Crippen LogP contribution in [0.4, 0.5) is 17.3 Å². The van der Waals surface area contributed by atoms with E-state index >= 15 is 0 Å². The number of hydrogen-bond acceptors (Lipinski definition) is 10. The molecular weight excluding hydrogens is 458 g/mol. The molecule has 0 aliphatic heterocycles. The van der Waals surface area contributed by atoms with Crippen molar-refractivity contribution in [3.05, 3.63) is 29.0 Å². The highest BCUT2D eigenvalue weighted by Crippen LogP contribution is 2.42. The molecule has 0 aliphatic rings. The van der Waals surface area contributed by atoms with Gasteiger partial charge in [-0.05, 0) is 24.0 Å². The Morgan fingerprint density at radius 2 is 1.97 bits per heavy atom. The molecule has 0 saturated carbocycles. The molecule has 3 heterocycles. The van der Waals surface area contributed by atoms with Crippen LogP contribution in [-0.2, 0) is 10.0 Å². The van der Waals surface area contributed by atoms with E-state index in [0.29, 0.717) is 23.2 Å². The zero-order valence-electron chi connectivity index (χ0n) is 18.3. The summed E-state index contributed by atoms with van der Waals surface area (Å²) in [6.07, 6.45) is 2.57. The number of aromatic nitrogens is 2. The van der Waals surface area contributed by atoms with E-state index in [1.54, 1.807) is 11.6 Å². The normalized spacial score (nSPS) is 13.0. The number of rotatable bonds is 10. The Balaban J connectivity index is 1.85. The number of anilines is 3. The van der Waals surface area contributed by atoms with E-state index < -0.39 is 10.0 Å². The van der Waals surface area contributed by atoms with Crippen LogP contribution in [-0.4, -0.2) is 42.7 Å². The lowest BCUT2D eigenvalue weighted by atomic mass is 10.1. The Labute approximate surface area is 190 Å². The highest BCUT2D eigenvalue weighted by Gasteiger charge is 2.28. The number of hydrogen-bond donors (Lipinski definition) is 2. The van der Waals surface area contributed by atoms with Gasteiger partial charge in [0.15, 0.2) is 21.6 Å². The third kappa shape index (κ3) is 4.86. The van der Waals surface area contributed by atoms with E-state index in [1.807, 2.05) is 0 Å². The quantitative estimate of drug-likeness (QED) is 0.418. The number of methoxy groups -OCH3 is 1. The second-order valence-electron chi connectivity index (χ2n) is 7.39. The molecule has 0 fully saturated rings. The smallest absolute Gasteiger partial charge is 0.255 e. The Kier molecular flexibility index (Phi) is 7.24. The lowest BCUT2D eigenvalue weighted by molar-refractivity contribution is 0.406. The summed E-state index contributed by atoms with van der Waals surface area (Å²) in [5.41, 5.74) is 1.65. The van der Waals surface area contributed by atoms with Gasteiger partial charge in [0.2, 0.25) is 0 Å². The number of sulfonamides is 1. The summed E-state index contributed by atoms with van der Waals surface area (Å²) in [5.74, 6) is 2.51. The van der Waals surface area contributed by atoms with E-state index in [1.165, 1.54) is 21.2 Å². The summed E-state index contributed by atoms with van der Waals surface area (Å²) in [6, 6.07) is 1.98. The highest BCUT2D eigenvalue weighted by molar-refractivity contribution is 7.91. The van der Waals surface area contributed by atoms with Crippen LogP contribution in [0.25, 0.3) is 0 Å². The predicted molar refractivity (Wildman–Crippen MR) is 124 cm³/mol. The maximum Gasteiger partial charge on any atom is 0.255 e. The van der Waals surface area contributed by atoms with Gasteiger partial charge in [-0.25, -0.2) is 12.7 Å². The van der Waals surface area contributed by atoms with Gasteiger partial charge in [-0.15, -0.1) is 11.3 Å². The number of furan rings is 1. The second-order valence-corrected chi connectivity index (χ2v) is 11.1. The molecule has 31 heavy (non-hydrogen) atoms. The summed E-state index contributed by atoms with van der Waals surface area (Å²) in [4.78, 5) is 0. The van der Waals surface area contributed by atoms with Gasteiger partial charge in [0.05, 0.1) is 36.8 Å². The van der Waals surface area contributed by atoms with E-state index in [0.717, 1.165) is 45.1 Å². The summed E-state index contributed by atoms with van der Waals surface area (Å²) in [5, 5.41) is 8.22. The molecule has 0 aliphatic carbocycles. The SMILES string of the molecule is CC[C@@H](Nc1nsnc1Nc1csc(S(=O)(=O)N(C)C)c1OC)c1cc(C(C)C)co1. The molecule has 3 rings (SSSR count). The number of nitrogens with zero attached hydrogens (tertiary/aromatic N) is 3. The molecule has 0 spiro atoms. The van der Waals surface area contributed by atoms with Crippen molar-refractivity contribution in [3.8, 4) is 5.75 Å². The maximum atomic E-state index is 12.6. The van der Waals surface area contributed by atoms with E-state index in [-0.39, 0.29) is 16.0 Å². The maximum absolute atomic E-state index is 12.6. The summed E-state index contributed by atoms with van der Waals surface area (Å²) < 4.78 is 46.3. The topological polar surface area (TPSA) is 110 Å². The van der Waals surface area contributed by atoms with Gasteiger partial charge in [-0.1, -0.05) is 20.8 Å². The molecule has 0 saturated heterocycles. The zero-order chi connectivity index (χ0) is 22.8. The zero-order valence-corrected chi connectivity index (χ0v) is 20.7. The van der Waals surface area contributed by atoms with Crippen molar-refractivity contribution in [3.63, 3.8) is 0 Å². The fourth-order valence-corrected chi connectivity index (χ4v) is 5.84. The first kappa shape index (κ1) is 23.5. The molecule has 0 aromatic carbocycles. The van der Waals surface area contributed by atoms with E-state index in [2.05, 4.69) is 46.2 Å². The standard InChI is InChI=1S/C19H27N5O4S3/c1-7-13(15-8-12(9-28-15)11(2)3)20-17-18(23-30-22-17)21-14-10-29-19(16(14)27-6)31(25,26)24(4)5/h8-11,13H,7H2,1-6H3,(H,20,22)(H,21,23)/t13-/m1/s1. The molecule has 9 nitrogen and oxygen atoms in total. The monoisotopic (exact) mass is 485 g/mol. The average molecular weight is 486 g/mol. The first-order valence-corrected chi connectivity index (χ1v) is 12.8. The molecule has 1 atom stereocenters. The number of thiophene rings is 1. The van der Waals surface area contributed by atoms with Crippen molar-refractivity contribution in [2.45, 2.75) is 43.4 Å². The Morgan fingerprint density at radius 1 is 1.26 bits per heavy atom.